The normalized spacial score (nSPS) is 16.4. The van der Waals surface area contributed by atoms with Gasteiger partial charge in [0.25, 0.3) is 0 Å². The van der Waals surface area contributed by atoms with Gasteiger partial charge < -0.3 is 10.6 Å². The zero-order chi connectivity index (χ0) is 13.0. The van der Waals surface area contributed by atoms with Crippen molar-refractivity contribution >= 4 is 23.4 Å². The second-order valence-electron chi connectivity index (χ2n) is 4.78. The van der Waals surface area contributed by atoms with Gasteiger partial charge in [-0.3, -0.25) is 0 Å². The highest BCUT2D eigenvalue weighted by Crippen LogP contribution is 2.38. The third kappa shape index (κ3) is 3.77. The first-order valence-corrected chi connectivity index (χ1v) is 7.85. The van der Waals surface area contributed by atoms with Crippen LogP contribution in [0.5, 0.6) is 0 Å². The summed E-state index contributed by atoms with van der Waals surface area (Å²) in [5.74, 6) is 3.43. The van der Waals surface area contributed by atoms with Crippen LogP contribution in [-0.2, 0) is 0 Å². The highest BCUT2D eigenvalue weighted by molar-refractivity contribution is 7.99. The monoisotopic (exact) mass is 266 g/mol. The molecule has 1 fully saturated rings. The topological polar surface area (TPSA) is 49.8 Å². The van der Waals surface area contributed by atoms with Crippen molar-refractivity contribution in [1.29, 1.82) is 0 Å². The van der Waals surface area contributed by atoms with Crippen molar-refractivity contribution in [2.45, 2.75) is 37.4 Å². The molecule has 1 unspecified atom stereocenters. The molecular formula is C13H22N4S. The molecule has 18 heavy (non-hydrogen) atoms. The molecule has 1 atom stereocenters. The van der Waals surface area contributed by atoms with Crippen LogP contribution in [0.4, 0.5) is 11.6 Å². The Bertz CT molecular complexity index is 393. The van der Waals surface area contributed by atoms with Gasteiger partial charge in [0, 0.05) is 30.8 Å². The molecule has 0 aliphatic heterocycles. The van der Waals surface area contributed by atoms with Crippen molar-refractivity contribution < 1.29 is 0 Å². The Morgan fingerprint density at radius 2 is 2.11 bits per heavy atom. The minimum absolute atomic E-state index is 0.587. The molecule has 2 rings (SSSR count). The first kappa shape index (κ1) is 13.5. The molecule has 5 heteroatoms. The molecule has 4 nitrogen and oxygen atoms in total. The molecule has 1 aromatic heterocycles. The maximum Gasteiger partial charge on any atom is 0.136 e. The summed E-state index contributed by atoms with van der Waals surface area (Å²) in [5, 5.41) is 7.19. The summed E-state index contributed by atoms with van der Waals surface area (Å²) in [5.41, 5.74) is 0. The van der Waals surface area contributed by atoms with Crippen LogP contribution in [0.15, 0.2) is 6.07 Å². The van der Waals surface area contributed by atoms with Crippen molar-refractivity contribution in [3.8, 4) is 0 Å². The fourth-order valence-corrected chi connectivity index (χ4v) is 2.08. The minimum Gasteiger partial charge on any atom is -0.373 e. The van der Waals surface area contributed by atoms with E-state index in [1.165, 1.54) is 12.8 Å². The highest BCUT2D eigenvalue weighted by atomic mass is 32.2. The van der Waals surface area contributed by atoms with Gasteiger partial charge in [0.1, 0.15) is 17.5 Å². The van der Waals surface area contributed by atoms with E-state index in [2.05, 4.69) is 33.8 Å². The molecule has 1 aromatic rings. The molecule has 2 N–H and O–H groups in total. The smallest absolute Gasteiger partial charge is 0.136 e. The van der Waals surface area contributed by atoms with Gasteiger partial charge in [-0.15, -0.1) is 0 Å². The van der Waals surface area contributed by atoms with Gasteiger partial charge >= 0.3 is 0 Å². The zero-order valence-corrected chi connectivity index (χ0v) is 12.2. The maximum absolute atomic E-state index is 4.60. The fraction of sp³-hybridized carbons (Fsp3) is 0.692. The molecule has 1 aliphatic rings. The lowest BCUT2D eigenvalue weighted by atomic mass is 10.3. The summed E-state index contributed by atoms with van der Waals surface area (Å²) in [6.07, 6.45) is 5.77. The second-order valence-corrected chi connectivity index (χ2v) is 6.06. The van der Waals surface area contributed by atoms with Crippen LogP contribution in [0.3, 0.4) is 0 Å². The predicted octanol–water partition coefficient (Wildman–Crippen LogP) is 2.95. The summed E-state index contributed by atoms with van der Waals surface area (Å²) in [6, 6.07) is 1.98. The number of anilines is 2. The molecule has 0 saturated heterocycles. The van der Waals surface area contributed by atoms with Gasteiger partial charge in [-0.1, -0.05) is 6.92 Å². The number of nitrogens with one attached hydrogen (secondary N) is 2. The van der Waals surface area contributed by atoms with Gasteiger partial charge in [-0.2, -0.15) is 11.8 Å². The van der Waals surface area contributed by atoms with Crippen LogP contribution in [0.2, 0.25) is 0 Å². The van der Waals surface area contributed by atoms with Crippen LogP contribution in [0.1, 0.15) is 37.9 Å². The average Bonchev–Trinajstić information content (AvgIpc) is 3.22. The third-order valence-corrected chi connectivity index (χ3v) is 4.24. The SMILES string of the molecule is CNc1cc(NCCC(C)SC)nc(C2CC2)n1. The highest BCUT2D eigenvalue weighted by Gasteiger charge is 2.27. The number of hydrogen-bond acceptors (Lipinski definition) is 5. The molecule has 1 aliphatic carbocycles. The van der Waals surface area contributed by atoms with E-state index in [-0.39, 0.29) is 0 Å². The Balaban J connectivity index is 1.96. The average molecular weight is 266 g/mol. The molecular weight excluding hydrogens is 244 g/mol. The molecule has 0 spiro atoms. The van der Waals surface area contributed by atoms with Crippen LogP contribution in [0.25, 0.3) is 0 Å². The Morgan fingerprint density at radius 3 is 2.72 bits per heavy atom. The summed E-state index contributed by atoms with van der Waals surface area (Å²) in [7, 11) is 1.90. The standard InChI is InChI=1S/C13H22N4S/c1-9(18-3)6-7-15-12-8-11(14-2)16-13(17-12)10-4-5-10/h8-10H,4-7H2,1-3H3,(H2,14,15,16,17). The summed E-state index contributed by atoms with van der Waals surface area (Å²) in [4.78, 5) is 9.10. The van der Waals surface area contributed by atoms with E-state index in [4.69, 9.17) is 0 Å². The lowest BCUT2D eigenvalue weighted by Gasteiger charge is -2.11. The summed E-state index contributed by atoms with van der Waals surface area (Å²) in [6.45, 7) is 3.22. The van der Waals surface area contributed by atoms with E-state index in [0.29, 0.717) is 11.2 Å². The van der Waals surface area contributed by atoms with E-state index >= 15 is 0 Å². The molecule has 0 aromatic carbocycles. The Hall–Kier alpha value is -0.970. The van der Waals surface area contributed by atoms with Crippen LogP contribution in [0, 0.1) is 0 Å². The molecule has 100 valence electrons. The van der Waals surface area contributed by atoms with Crippen LogP contribution in [-0.4, -0.2) is 35.1 Å². The quantitative estimate of drug-likeness (QED) is 0.794. The van der Waals surface area contributed by atoms with Crippen molar-refractivity contribution in [3.05, 3.63) is 11.9 Å². The lowest BCUT2D eigenvalue weighted by Crippen LogP contribution is -2.10. The molecule has 0 bridgehead atoms. The van der Waals surface area contributed by atoms with Gasteiger partial charge in [-0.05, 0) is 25.5 Å². The lowest BCUT2D eigenvalue weighted by molar-refractivity contribution is 0.843. The van der Waals surface area contributed by atoms with Crippen molar-refractivity contribution in [3.63, 3.8) is 0 Å². The number of hydrogen-bond donors (Lipinski definition) is 2. The van der Waals surface area contributed by atoms with E-state index in [1.54, 1.807) is 0 Å². The predicted molar refractivity (Wildman–Crippen MR) is 79.6 cm³/mol. The summed E-state index contributed by atoms with van der Waals surface area (Å²) < 4.78 is 0. The van der Waals surface area contributed by atoms with Crippen LogP contribution < -0.4 is 10.6 Å². The van der Waals surface area contributed by atoms with E-state index in [1.807, 2.05) is 24.9 Å². The minimum atomic E-state index is 0.587. The molecule has 0 radical (unpaired) electrons. The number of aromatic nitrogens is 2. The molecule has 1 heterocycles. The van der Waals surface area contributed by atoms with E-state index in [0.717, 1.165) is 30.4 Å². The van der Waals surface area contributed by atoms with Crippen molar-refractivity contribution in [2.75, 3.05) is 30.5 Å². The number of thioether (sulfide) groups is 1. The van der Waals surface area contributed by atoms with Gasteiger partial charge in [-0.25, -0.2) is 9.97 Å². The Morgan fingerprint density at radius 1 is 1.39 bits per heavy atom. The van der Waals surface area contributed by atoms with Crippen molar-refractivity contribution in [1.82, 2.24) is 9.97 Å². The molecule has 0 amide bonds. The molecule has 1 saturated carbocycles. The van der Waals surface area contributed by atoms with Crippen molar-refractivity contribution in [2.24, 2.45) is 0 Å². The third-order valence-electron chi connectivity index (χ3n) is 3.20. The first-order chi connectivity index (χ1) is 8.72. The van der Waals surface area contributed by atoms with Gasteiger partial charge in [0.05, 0.1) is 0 Å². The van der Waals surface area contributed by atoms with Crippen LogP contribution >= 0.6 is 11.8 Å². The van der Waals surface area contributed by atoms with Gasteiger partial charge in [0.2, 0.25) is 0 Å². The summed E-state index contributed by atoms with van der Waals surface area (Å²) >= 11 is 1.90. The number of nitrogens with zero attached hydrogens (tertiary/aromatic N) is 2. The van der Waals surface area contributed by atoms with Gasteiger partial charge in [0.15, 0.2) is 0 Å². The van der Waals surface area contributed by atoms with E-state index < -0.39 is 0 Å². The first-order valence-electron chi connectivity index (χ1n) is 6.56. The Kier molecular flexibility index (Phi) is 4.69. The zero-order valence-electron chi connectivity index (χ0n) is 11.4. The van der Waals surface area contributed by atoms with E-state index in [9.17, 15) is 0 Å². The fourth-order valence-electron chi connectivity index (χ4n) is 1.73. The maximum atomic E-state index is 4.60. The second kappa shape index (κ2) is 6.27. The number of rotatable bonds is 7. The Labute approximate surface area is 113 Å². The largest absolute Gasteiger partial charge is 0.373 e.